The molecule has 0 N–H and O–H groups in total. The van der Waals surface area contributed by atoms with E-state index in [9.17, 15) is 4.39 Å². The van der Waals surface area contributed by atoms with Crippen LogP contribution in [0, 0.1) is 5.82 Å². The second-order valence-corrected chi connectivity index (χ2v) is 12.1. The summed E-state index contributed by atoms with van der Waals surface area (Å²) in [5.41, 5.74) is 8.64. The smallest absolute Gasteiger partial charge is 0.164 e. The second-order valence-electron chi connectivity index (χ2n) is 12.1. The molecule has 0 radical (unpaired) electrons. The molecule has 0 atom stereocenters. The van der Waals surface area contributed by atoms with Crippen LogP contribution >= 0.6 is 0 Å². The maximum absolute atomic E-state index is 14.1. The van der Waals surface area contributed by atoms with Crippen LogP contribution in [-0.2, 0) is 0 Å². The molecule has 230 valence electrons. The fourth-order valence-corrected chi connectivity index (χ4v) is 6.52. The monoisotopic (exact) mass is 630 g/mol. The third kappa shape index (κ3) is 5.37. The van der Waals surface area contributed by atoms with Gasteiger partial charge in [0.1, 0.15) is 5.82 Å². The van der Waals surface area contributed by atoms with Gasteiger partial charge >= 0.3 is 0 Å². The highest BCUT2D eigenvalue weighted by molar-refractivity contribution is 6.14. The van der Waals surface area contributed by atoms with Crippen molar-refractivity contribution in [1.82, 2.24) is 19.9 Å². The zero-order valence-corrected chi connectivity index (χ0v) is 26.3. The van der Waals surface area contributed by atoms with E-state index in [-0.39, 0.29) is 5.82 Å². The van der Waals surface area contributed by atoms with E-state index in [0.29, 0.717) is 23.0 Å². The van der Waals surface area contributed by atoms with Crippen molar-refractivity contribution < 1.29 is 4.39 Å². The summed E-state index contributed by atoms with van der Waals surface area (Å²) in [5.74, 6) is 1.59. The van der Waals surface area contributed by atoms with Crippen molar-refractivity contribution in [1.29, 1.82) is 0 Å². The lowest BCUT2D eigenvalue weighted by Crippen LogP contribution is -2.00. The number of hydrogen-bond donors (Lipinski definition) is 0. The van der Waals surface area contributed by atoms with E-state index in [1.54, 1.807) is 6.07 Å². The molecule has 5 heteroatoms. The van der Waals surface area contributed by atoms with Gasteiger partial charge in [0, 0.05) is 38.9 Å². The lowest BCUT2D eigenvalue weighted by molar-refractivity contribution is 0.629. The SMILES string of the molecule is Fc1ccc2cc3cc(-c4cccc(-c5cccc(-c6nc(-c7ccccc7)nc(-c7ccccc7)n6)c5)c4)c4ccccc4c3nc2c1. The highest BCUT2D eigenvalue weighted by atomic mass is 19.1. The molecule has 0 amide bonds. The van der Waals surface area contributed by atoms with Gasteiger partial charge in [0.25, 0.3) is 0 Å². The minimum absolute atomic E-state index is 0.287. The molecule has 0 bridgehead atoms. The summed E-state index contributed by atoms with van der Waals surface area (Å²) in [6.07, 6.45) is 0. The first-order chi connectivity index (χ1) is 24.2. The van der Waals surface area contributed by atoms with Gasteiger partial charge in [0.2, 0.25) is 0 Å². The summed E-state index contributed by atoms with van der Waals surface area (Å²) in [6.45, 7) is 0. The molecule has 9 aromatic rings. The molecule has 49 heavy (non-hydrogen) atoms. The Balaban J connectivity index is 1.16. The molecular formula is C44H27FN4. The van der Waals surface area contributed by atoms with Gasteiger partial charge in [-0.1, -0.05) is 121 Å². The predicted molar refractivity (Wildman–Crippen MR) is 197 cm³/mol. The first kappa shape index (κ1) is 28.6. The molecule has 4 nitrogen and oxygen atoms in total. The molecule has 0 unspecified atom stereocenters. The molecule has 0 spiro atoms. The number of pyridine rings is 1. The van der Waals surface area contributed by atoms with E-state index in [4.69, 9.17) is 19.9 Å². The zero-order chi connectivity index (χ0) is 32.7. The van der Waals surface area contributed by atoms with Crippen molar-refractivity contribution in [3.05, 3.63) is 170 Å². The van der Waals surface area contributed by atoms with Crippen molar-refractivity contribution in [3.63, 3.8) is 0 Å². The van der Waals surface area contributed by atoms with Gasteiger partial charge in [-0.25, -0.2) is 24.3 Å². The summed E-state index contributed by atoms with van der Waals surface area (Å²) < 4.78 is 14.1. The summed E-state index contributed by atoms with van der Waals surface area (Å²) in [6, 6.07) is 54.4. The molecule has 9 rings (SSSR count). The Kier molecular flexibility index (Phi) is 6.95. The number of hydrogen-bond acceptors (Lipinski definition) is 4. The molecule has 0 aliphatic heterocycles. The van der Waals surface area contributed by atoms with Gasteiger partial charge in [-0.15, -0.1) is 0 Å². The highest BCUT2D eigenvalue weighted by Gasteiger charge is 2.15. The van der Waals surface area contributed by atoms with Gasteiger partial charge < -0.3 is 0 Å². The zero-order valence-electron chi connectivity index (χ0n) is 26.3. The number of fused-ring (bicyclic) bond motifs is 4. The summed E-state index contributed by atoms with van der Waals surface area (Å²) in [5, 5.41) is 4.05. The molecule has 2 heterocycles. The Bertz CT molecular complexity index is 2620. The predicted octanol–water partition coefficient (Wildman–Crippen LogP) is 11.2. The molecule has 0 fully saturated rings. The average molecular weight is 631 g/mol. The number of rotatable bonds is 5. The van der Waals surface area contributed by atoms with Crippen LogP contribution in [0.25, 0.3) is 89.0 Å². The van der Waals surface area contributed by atoms with Crippen molar-refractivity contribution >= 4 is 32.6 Å². The fraction of sp³-hybridized carbons (Fsp3) is 0. The summed E-state index contributed by atoms with van der Waals surface area (Å²) in [4.78, 5) is 19.6. The third-order valence-electron chi connectivity index (χ3n) is 8.91. The van der Waals surface area contributed by atoms with Crippen molar-refractivity contribution in [3.8, 4) is 56.4 Å². The largest absolute Gasteiger partial charge is 0.247 e. The third-order valence-corrected chi connectivity index (χ3v) is 8.91. The number of benzene rings is 7. The lowest BCUT2D eigenvalue weighted by atomic mass is 9.92. The Hall–Kier alpha value is -6.59. The first-order valence-corrected chi connectivity index (χ1v) is 16.2. The van der Waals surface area contributed by atoms with E-state index >= 15 is 0 Å². The van der Waals surface area contributed by atoms with E-state index in [0.717, 1.165) is 66.0 Å². The van der Waals surface area contributed by atoms with Crippen molar-refractivity contribution in [2.45, 2.75) is 0 Å². The minimum atomic E-state index is -0.287. The number of halogens is 1. The maximum Gasteiger partial charge on any atom is 0.164 e. The number of nitrogens with zero attached hydrogens (tertiary/aromatic N) is 4. The summed E-state index contributed by atoms with van der Waals surface area (Å²) >= 11 is 0. The molecule has 0 saturated carbocycles. The van der Waals surface area contributed by atoms with Gasteiger partial charge in [0.15, 0.2) is 17.5 Å². The Morgan fingerprint density at radius 2 is 0.878 bits per heavy atom. The normalized spacial score (nSPS) is 11.4. The van der Waals surface area contributed by atoms with Crippen LogP contribution in [0.15, 0.2) is 164 Å². The lowest BCUT2D eigenvalue weighted by Gasteiger charge is -2.13. The van der Waals surface area contributed by atoms with Gasteiger partial charge in [-0.05, 0) is 64.0 Å². The number of aromatic nitrogens is 4. The molecular weight excluding hydrogens is 604 g/mol. The van der Waals surface area contributed by atoms with Gasteiger partial charge in [-0.3, -0.25) is 0 Å². The first-order valence-electron chi connectivity index (χ1n) is 16.2. The van der Waals surface area contributed by atoms with E-state index in [1.807, 2.05) is 78.9 Å². The standard InChI is InChI=1S/C44H27FN4/c45-36-22-21-33-25-35-26-39(37-19-7-8-20-38(37)41(35)46-40(33)27-36)32-17-9-15-30(23-32)31-16-10-18-34(24-31)44-48-42(28-11-3-1-4-12-28)47-43(49-44)29-13-5-2-6-14-29/h1-27H. The topological polar surface area (TPSA) is 51.6 Å². The Labute approximate surface area is 282 Å². The van der Waals surface area contributed by atoms with Gasteiger partial charge in [0.05, 0.1) is 11.0 Å². The minimum Gasteiger partial charge on any atom is -0.247 e. The van der Waals surface area contributed by atoms with E-state index in [1.165, 1.54) is 12.1 Å². The Morgan fingerprint density at radius 1 is 0.347 bits per heavy atom. The van der Waals surface area contributed by atoms with Crippen LogP contribution in [0.1, 0.15) is 0 Å². The van der Waals surface area contributed by atoms with Crippen molar-refractivity contribution in [2.24, 2.45) is 0 Å². The maximum atomic E-state index is 14.1. The quantitative estimate of drug-likeness (QED) is 0.140. The van der Waals surface area contributed by atoms with Crippen LogP contribution in [0.4, 0.5) is 4.39 Å². The molecule has 2 aromatic heterocycles. The van der Waals surface area contributed by atoms with Crippen LogP contribution in [0.2, 0.25) is 0 Å². The van der Waals surface area contributed by atoms with Crippen LogP contribution in [0.3, 0.4) is 0 Å². The molecule has 7 aromatic carbocycles. The summed E-state index contributed by atoms with van der Waals surface area (Å²) in [7, 11) is 0. The fourth-order valence-electron chi connectivity index (χ4n) is 6.52. The van der Waals surface area contributed by atoms with E-state index in [2.05, 4.69) is 66.7 Å². The average Bonchev–Trinajstić information content (AvgIpc) is 3.17. The Morgan fingerprint density at radius 3 is 1.55 bits per heavy atom. The molecule has 0 aliphatic carbocycles. The van der Waals surface area contributed by atoms with Crippen LogP contribution in [0.5, 0.6) is 0 Å². The molecule has 0 saturated heterocycles. The second kappa shape index (κ2) is 11.9. The van der Waals surface area contributed by atoms with E-state index < -0.39 is 0 Å². The highest BCUT2D eigenvalue weighted by Crippen LogP contribution is 2.37. The van der Waals surface area contributed by atoms with Crippen molar-refractivity contribution in [2.75, 3.05) is 0 Å². The van der Waals surface area contributed by atoms with Crippen LogP contribution < -0.4 is 0 Å². The van der Waals surface area contributed by atoms with Crippen LogP contribution in [-0.4, -0.2) is 19.9 Å². The van der Waals surface area contributed by atoms with Gasteiger partial charge in [-0.2, -0.15) is 0 Å². The molecule has 0 aliphatic rings.